The highest BCUT2D eigenvalue weighted by atomic mass is 16.4. The van der Waals surface area contributed by atoms with E-state index in [1.54, 1.807) is 6.92 Å². The second kappa shape index (κ2) is 4.04. The van der Waals surface area contributed by atoms with Gasteiger partial charge in [0.05, 0.1) is 0 Å². The van der Waals surface area contributed by atoms with Crippen LogP contribution >= 0.6 is 0 Å². The molecule has 0 saturated carbocycles. The molecule has 14 heavy (non-hydrogen) atoms. The van der Waals surface area contributed by atoms with E-state index >= 15 is 0 Å². The van der Waals surface area contributed by atoms with Gasteiger partial charge < -0.3 is 5.11 Å². The molecule has 76 valence electrons. The lowest BCUT2D eigenvalue weighted by Crippen LogP contribution is -2.22. The molecule has 1 aliphatic heterocycles. The van der Waals surface area contributed by atoms with Gasteiger partial charge in [-0.2, -0.15) is 0 Å². The summed E-state index contributed by atoms with van der Waals surface area (Å²) in [5.74, 6) is -1.66. The Morgan fingerprint density at radius 2 is 2.00 bits per heavy atom. The van der Waals surface area contributed by atoms with Gasteiger partial charge in [0.25, 0.3) is 11.8 Å². The van der Waals surface area contributed by atoms with Gasteiger partial charge >= 0.3 is 5.97 Å². The Morgan fingerprint density at radius 3 is 2.43 bits per heavy atom. The largest absolute Gasteiger partial charge is 0.481 e. The van der Waals surface area contributed by atoms with Crippen LogP contribution in [0.4, 0.5) is 0 Å². The third kappa shape index (κ3) is 2.18. The van der Waals surface area contributed by atoms with Crippen LogP contribution in [-0.2, 0) is 14.4 Å². The highest BCUT2D eigenvalue weighted by Gasteiger charge is 2.26. The first-order valence-electron chi connectivity index (χ1n) is 4.29. The standard InChI is InChI=1S/C9H11NO4/c1-5-6(3-2-4-7(11)12)9(14)10-8(5)13/h2-4H2,1H3,(H,11,12)(H,10,13,14). The Morgan fingerprint density at radius 1 is 1.36 bits per heavy atom. The number of carbonyl (C=O) groups is 3. The van der Waals surface area contributed by atoms with Crippen LogP contribution in [0.5, 0.6) is 0 Å². The van der Waals surface area contributed by atoms with Crippen LogP contribution in [0.1, 0.15) is 26.2 Å². The molecule has 2 amide bonds. The highest BCUT2D eigenvalue weighted by Crippen LogP contribution is 2.17. The number of carboxylic acid groups (broad SMARTS) is 1. The zero-order valence-electron chi connectivity index (χ0n) is 7.79. The van der Waals surface area contributed by atoms with E-state index in [0.717, 1.165) is 0 Å². The molecule has 0 aromatic carbocycles. The molecule has 0 saturated heterocycles. The van der Waals surface area contributed by atoms with Gasteiger partial charge in [-0.1, -0.05) is 0 Å². The molecule has 0 aromatic rings. The normalized spacial score (nSPS) is 16.1. The van der Waals surface area contributed by atoms with Crippen LogP contribution in [0.3, 0.4) is 0 Å². The maximum absolute atomic E-state index is 11.1. The molecular formula is C9H11NO4. The second-order valence-electron chi connectivity index (χ2n) is 3.13. The quantitative estimate of drug-likeness (QED) is 0.631. The van der Waals surface area contributed by atoms with Crippen molar-refractivity contribution in [2.24, 2.45) is 0 Å². The van der Waals surface area contributed by atoms with Gasteiger partial charge in [-0.3, -0.25) is 19.7 Å². The van der Waals surface area contributed by atoms with E-state index in [-0.39, 0.29) is 12.3 Å². The molecule has 1 heterocycles. The van der Waals surface area contributed by atoms with Crippen molar-refractivity contribution in [3.8, 4) is 0 Å². The summed E-state index contributed by atoms with van der Waals surface area (Å²) in [7, 11) is 0. The number of nitrogens with one attached hydrogen (secondary N) is 1. The predicted molar refractivity (Wildman–Crippen MR) is 47.3 cm³/mol. The fourth-order valence-corrected chi connectivity index (χ4v) is 1.30. The van der Waals surface area contributed by atoms with Gasteiger partial charge in [-0.05, 0) is 19.8 Å². The number of carboxylic acids is 1. The van der Waals surface area contributed by atoms with Crippen molar-refractivity contribution >= 4 is 17.8 Å². The van der Waals surface area contributed by atoms with E-state index in [4.69, 9.17) is 5.11 Å². The Balaban J connectivity index is 2.55. The minimum absolute atomic E-state index is 0.0122. The van der Waals surface area contributed by atoms with E-state index < -0.39 is 11.9 Å². The molecule has 5 heteroatoms. The predicted octanol–water partition coefficient (Wildman–Crippen LogP) is 0.214. The Hall–Kier alpha value is -1.65. The number of hydrogen-bond donors (Lipinski definition) is 2. The van der Waals surface area contributed by atoms with Crippen molar-refractivity contribution in [3.63, 3.8) is 0 Å². The van der Waals surface area contributed by atoms with Gasteiger partial charge in [-0.15, -0.1) is 0 Å². The fraction of sp³-hybridized carbons (Fsp3) is 0.444. The molecule has 0 radical (unpaired) electrons. The van der Waals surface area contributed by atoms with Crippen molar-refractivity contribution in [3.05, 3.63) is 11.1 Å². The lowest BCUT2D eigenvalue weighted by Gasteiger charge is -1.98. The van der Waals surface area contributed by atoms with E-state index in [1.807, 2.05) is 0 Å². The summed E-state index contributed by atoms with van der Waals surface area (Å²) in [5, 5.41) is 10.5. The van der Waals surface area contributed by atoms with E-state index in [1.165, 1.54) is 0 Å². The first-order chi connectivity index (χ1) is 6.52. The Labute approximate surface area is 80.8 Å². The summed E-state index contributed by atoms with van der Waals surface area (Å²) in [6.07, 6.45) is 0.733. The Kier molecular flexibility index (Phi) is 3.01. The molecule has 0 spiro atoms. The second-order valence-corrected chi connectivity index (χ2v) is 3.13. The van der Waals surface area contributed by atoms with Gasteiger partial charge in [-0.25, -0.2) is 0 Å². The zero-order valence-corrected chi connectivity index (χ0v) is 7.79. The van der Waals surface area contributed by atoms with Crippen molar-refractivity contribution < 1.29 is 19.5 Å². The van der Waals surface area contributed by atoms with Crippen LogP contribution in [0.2, 0.25) is 0 Å². The maximum Gasteiger partial charge on any atom is 0.303 e. The van der Waals surface area contributed by atoms with Crippen molar-refractivity contribution in [2.75, 3.05) is 0 Å². The molecule has 0 bridgehead atoms. The summed E-state index contributed by atoms with van der Waals surface area (Å²) < 4.78 is 0. The first kappa shape index (κ1) is 10.4. The molecule has 0 fully saturated rings. The van der Waals surface area contributed by atoms with E-state index in [9.17, 15) is 14.4 Å². The van der Waals surface area contributed by atoms with Gasteiger partial charge in [0, 0.05) is 17.6 Å². The summed E-state index contributed by atoms with van der Waals surface area (Å²) in [5.41, 5.74) is 0.816. The van der Waals surface area contributed by atoms with Crippen LogP contribution in [0.25, 0.3) is 0 Å². The minimum Gasteiger partial charge on any atom is -0.481 e. The van der Waals surface area contributed by atoms with Gasteiger partial charge in [0.15, 0.2) is 0 Å². The summed E-state index contributed by atoms with van der Waals surface area (Å²) >= 11 is 0. The SMILES string of the molecule is CC1=C(CCCC(=O)O)C(=O)NC1=O. The number of carbonyl (C=O) groups excluding carboxylic acids is 2. The smallest absolute Gasteiger partial charge is 0.303 e. The van der Waals surface area contributed by atoms with Crippen LogP contribution in [0.15, 0.2) is 11.1 Å². The average Bonchev–Trinajstić information content (AvgIpc) is 2.31. The minimum atomic E-state index is -0.895. The lowest BCUT2D eigenvalue weighted by molar-refractivity contribution is -0.137. The topological polar surface area (TPSA) is 83.5 Å². The van der Waals surface area contributed by atoms with Gasteiger partial charge in [0.1, 0.15) is 0 Å². The molecule has 5 nitrogen and oxygen atoms in total. The summed E-state index contributed by atoms with van der Waals surface area (Å²) in [6.45, 7) is 1.57. The molecule has 0 unspecified atom stereocenters. The van der Waals surface area contributed by atoms with Crippen LogP contribution in [0, 0.1) is 0 Å². The summed E-state index contributed by atoms with van der Waals surface area (Å²) in [6, 6.07) is 0. The van der Waals surface area contributed by atoms with Gasteiger partial charge in [0.2, 0.25) is 0 Å². The molecule has 0 atom stereocenters. The first-order valence-corrected chi connectivity index (χ1v) is 4.29. The molecule has 2 N–H and O–H groups in total. The van der Waals surface area contributed by atoms with Crippen molar-refractivity contribution in [2.45, 2.75) is 26.2 Å². The molecular weight excluding hydrogens is 186 g/mol. The lowest BCUT2D eigenvalue weighted by atomic mass is 10.1. The third-order valence-electron chi connectivity index (χ3n) is 2.11. The fourth-order valence-electron chi connectivity index (χ4n) is 1.30. The maximum atomic E-state index is 11.1. The number of aliphatic carboxylic acids is 1. The van der Waals surface area contributed by atoms with Crippen LogP contribution < -0.4 is 5.32 Å². The molecule has 0 aliphatic carbocycles. The molecule has 1 rings (SSSR count). The number of rotatable bonds is 4. The molecule has 1 aliphatic rings. The van der Waals surface area contributed by atoms with E-state index in [2.05, 4.69) is 5.32 Å². The summed E-state index contributed by atoms with van der Waals surface area (Å²) in [4.78, 5) is 32.3. The molecule has 0 aromatic heterocycles. The zero-order chi connectivity index (χ0) is 10.7. The third-order valence-corrected chi connectivity index (χ3v) is 2.11. The Bertz CT molecular complexity index is 330. The number of hydrogen-bond acceptors (Lipinski definition) is 3. The highest BCUT2D eigenvalue weighted by molar-refractivity contribution is 6.19. The van der Waals surface area contributed by atoms with Crippen LogP contribution in [-0.4, -0.2) is 22.9 Å². The van der Waals surface area contributed by atoms with Crippen molar-refractivity contribution in [1.82, 2.24) is 5.32 Å². The van der Waals surface area contributed by atoms with Crippen molar-refractivity contribution in [1.29, 1.82) is 0 Å². The van der Waals surface area contributed by atoms with E-state index in [0.29, 0.717) is 24.0 Å². The monoisotopic (exact) mass is 197 g/mol. The average molecular weight is 197 g/mol. The number of imide groups is 1. The number of amides is 2.